The van der Waals surface area contributed by atoms with Crippen LogP contribution in [0.3, 0.4) is 0 Å². The topological polar surface area (TPSA) is 64.7 Å². The molecule has 0 aliphatic carbocycles. The van der Waals surface area contributed by atoms with Gasteiger partial charge >= 0.3 is 0 Å². The molecule has 0 spiro atoms. The van der Waals surface area contributed by atoms with Crippen LogP contribution in [0, 0.1) is 0 Å². The Morgan fingerprint density at radius 3 is 2.75 bits per heavy atom. The second-order valence-corrected chi connectivity index (χ2v) is 4.11. The number of benzene rings is 1. The van der Waals surface area contributed by atoms with E-state index in [0.717, 1.165) is 5.56 Å². The Bertz CT molecular complexity index is 384. The summed E-state index contributed by atoms with van der Waals surface area (Å²) in [5.74, 6) is 1.34. The third-order valence-electron chi connectivity index (χ3n) is 2.56. The number of ether oxygens (including phenoxy) is 2. The molecule has 1 aliphatic heterocycles. The van der Waals surface area contributed by atoms with Crippen molar-refractivity contribution in [3.05, 3.63) is 22.7 Å². The quantitative estimate of drug-likeness (QED) is 0.847. The Balaban J connectivity index is 2.20. The summed E-state index contributed by atoms with van der Waals surface area (Å²) in [6.45, 7) is 0.358. The van der Waals surface area contributed by atoms with Crippen molar-refractivity contribution >= 4 is 11.6 Å². The van der Waals surface area contributed by atoms with Gasteiger partial charge in [0.1, 0.15) is 0 Å². The zero-order chi connectivity index (χ0) is 11.5. The van der Waals surface area contributed by atoms with Crippen LogP contribution in [0.2, 0.25) is 5.02 Å². The van der Waals surface area contributed by atoms with Gasteiger partial charge in [-0.3, -0.25) is 0 Å². The number of fused-ring (bicyclic) bond motifs is 1. The van der Waals surface area contributed by atoms with Crippen LogP contribution in [0.5, 0.6) is 11.5 Å². The molecule has 1 heterocycles. The smallest absolute Gasteiger partial charge is 0.231 e. The minimum absolute atomic E-state index is 0.135. The average Bonchev–Trinajstić information content (AvgIpc) is 2.71. The fourth-order valence-corrected chi connectivity index (χ4v) is 1.98. The summed E-state index contributed by atoms with van der Waals surface area (Å²) >= 11 is 6.10. The summed E-state index contributed by atoms with van der Waals surface area (Å²) < 4.78 is 10.5. The Morgan fingerprint density at radius 2 is 2.06 bits per heavy atom. The van der Waals surface area contributed by atoms with Gasteiger partial charge in [0.25, 0.3) is 0 Å². The lowest BCUT2D eigenvalue weighted by molar-refractivity contribution is 0.174. The molecule has 5 heteroatoms. The lowest BCUT2D eigenvalue weighted by Crippen LogP contribution is -2.11. The first-order chi connectivity index (χ1) is 7.72. The molecule has 0 aromatic heterocycles. The van der Waals surface area contributed by atoms with Crippen molar-refractivity contribution < 1.29 is 14.6 Å². The van der Waals surface area contributed by atoms with E-state index < -0.39 is 0 Å². The highest BCUT2D eigenvalue weighted by atomic mass is 35.5. The van der Waals surface area contributed by atoms with E-state index in [9.17, 15) is 0 Å². The zero-order valence-corrected chi connectivity index (χ0v) is 9.54. The summed E-state index contributed by atoms with van der Waals surface area (Å²) in [7, 11) is 0. The highest BCUT2D eigenvalue weighted by Crippen LogP contribution is 2.39. The van der Waals surface area contributed by atoms with Gasteiger partial charge in [-0.05, 0) is 24.5 Å². The first kappa shape index (κ1) is 11.5. The molecule has 2 rings (SSSR count). The van der Waals surface area contributed by atoms with Crippen LogP contribution in [-0.4, -0.2) is 18.5 Å². The maximum absolute atomic E-state index is 8.75. The van der Waals surface area contributed by atoms with Crippen LogP contribution in [-0.2, 0) is 0 Å². The molecule has 16 heavy (non-hydrogen) atoms. The van der Waals surface area contributed by atoms with Gasteiger partial charge in [-0.25, -0.2) is 0 Å². The van der Waals surface area contributed by atoms with Gasteiger partial charge in [-0.1, -0.05) is 11.6 Å². The van der Waals surface area contributed by atoms with E-state index in [4.69, 9.17) is 31.9 Å². The summed E-state index contributed by atoms with van der Waals surface area (Å²) in [6, 6.07) is 3.35. The molecule has 0 amide bonds. The number of aliphatic hydroxyl groups is 1. The minimum Gasteiger partial charge on any atom is -0.454 e. The molecular weight excluding hydrogens is 230 g/mol. The van der Waals surface area contributed by atoms with Crippen LogP contribution < -0.4 is 15.2 Å². The van der Waals surface area contributed by atoms with Crippen molar-refractivity contribution in [3.8, 4) is 11.5 Å². The second-order valence-electron chi connectivity index (χ2n) is 3.70. The average molecular weight is 244 g/mol. The van der Waals surface area contributed by atoms with E-state index in [0.29, 0.717) is 29.4 Å². The summed E-state index contributed by atoms with van der Waals surface area (Å²) in [4.78, 5) is 0. The van der Waals surface area contributed by atoms with E-state index >= 15 is 0 Å². The highest BCUT2D eigenvalue weighted by Gasteiger charge is 2.19. The molecule has 1 aliphatic rings. The Hall–Kier alpha value is -0.970. The Kier molecular flexibility index (Phi) is 3.53. The van der Waals surface area contributed by atoms with Crippen molar-refractivity contribution in [1.29, 1.82) is 0 Å². The standard InChI is InChI=1S/C11H14ClNO3/c12-8-5-11-10(15-6-16-11)4-7(8)9(13)2-1-3-14/h4-5,9,14H,1-3,6,13H2/t9-/m1/s1. The normalized spacial score (nSPS) is 15.2. The van der Waals surface area contributed by atoms with E-state index in [1.165, 1.54) is 0 Å². The molecule has 0 fully saturated rings. The largest absolute Gasteiger partial charge is 0.454 e. The number of hydrogen-bond acceptors (Lipinski definition) is 4. The van der Waals surface area contributed by atoms with Gasteiger partial charge < -0.3 is 20.3 Å². The summed E-state index contributed by atoms with van der Waals surface area (Å²) in [6.07, 6.45) is 1.35. The zero-order valence-electron chi connectivity index (χ0n) is 8.78. The molecule has 0 saturated carbocycles. The van der Waals surface area contributed by atoms with Crippen molar-refractivity contribution in [3.63, 3.8) is 0 Å². The van der Waals surface area contributed by atoms with Gasteiger partial charge in [0.2, 0.25) is 6.79 Å². The first-order valence-electron chi connectivity index (χ1n) is 5.18. The molecule has 1 aromatic carbocycles. The summed E-state index contributed by atoms with van der Waals surface area (Å²) in [5, 5.41) is 9.33. The number of nitrogens with two attached hydrogens (primary N) is 1. The van der Waals surface area contributed by atoms with Crippen molar-refractivity contribution in [2.45, 2.75) is 18.9 Å². The van der Waals surface area contributed by atoms with Crippen LogP contribution in [0.4, 0.5) is 0 Å². The second kappa shape index (κ2) is 4.91. The Labute approximate surface area is 98.9 Å². The number of hydrogen-bond donors (Lipinski definition) is 2. The van der Waals surface area contributed by atoms with Crippen molar-refractivity contribution in [1.82, 2.24) is 0 Å². The molecule has 0 bridgehead atoms. The number of rotatable bonds is 4. The third kappa shape index (κ3) is 2.24. The molecule has 0 radical (unpaired) electrons. The van der Waals surface area contributed by atoms with Gasteiger partial charge in [-0.15, -0.1) is 0 Å². The van der Waals surface area contributed by atoms with E-state index in [-0.39, 0.29) is 19.4 Å². The van der Waals surface area contributed by atoms with Crippen LogP contribution in [0.1, 0.15) is 24.4 Å². The SMILES string of the molecule is N[C@H](CCCO)c1cc2c(cc1Cl)OCO2. The molecule has 3 N–H and O–H groups in total. The maximum Gasteiger partial charge on any atom is 0.231 e. The van der Waals surface area contributed by atoms with Gasteiger partial charge in [0.15, 0.2) is 11.5 Å². The van der Waals surface area contributed by atoms with Crippen LogP contribution in [0.25, 0.3) is 0 Å². The Morgan fingerprint density at radius 1 is 1.38 bits per heavy atom. The minimum atomic E-state index is -0.186. The van der Waals surface area contributed by atoms with Crippen LogP contribution in [0.15, 0.2) is 12.1 Å². The lowest BCUT2D eigenvalue weighted by Gasteiger charge is -2.13. The van der Waals surface area contributed by atoms with E-state index in [1.807, 2.05) is 6.07 Å². The fourth-order valence-electron chi connectivity index (χ4n) is 1.68. The van der Waals surface area contributed by atoms with Gasteiger partial charge in [-0.2, -0.15) is 0 Å². The van der Waals surface area contributed by atoms with Gasteiger partial charge in [0, 0.05) is 23.7 Å². The molecule has 0 saturated heterocycles. The third-order valence-corrected chi connectivity index (χ3v) is 2.89. The predicted molar refractivity (Wildman–Crippen MR) is 60.8 cm³/mol. The molecule has 1 atom stereocenters. The highest BCUT2D eigenvalue weighted by molar-refractivity contribution is 6.31. The lowest BCUT2D eigenvalue weighted by atomic mass is 10.0. The molecular formula is C11H14ClNO3. The molecule has 0 unspecified atom stereocenters. The fraction of sp³-hybridized carbons (Fsp3) is 0.455. The monoisotopic (exact) mass is 243 g/mol. The first-order valence-corrected chi connectivity index (χ1v) is 5.55. The predicted octanol–water partition coefficient (Wildman–Crippen LogP) is 1.84. The van der Waals surface area contributed by atoms with Crippen molar-refractivity contribution in [2.75, 3.05) is 13.4 Å². The van der Waals surface area contributed by atoms with Gasteiger partial charge in [0.05, 0.1) is 0 Å². The van der Waals surface area contributed by atoms with E-state index in [1.54, 1.807) is 6.07 Å². The number of halogens is 1. The maximum atomic E-state index is 8.75. The van der Waals surface area contributed by atoms with Crippen LogP contribution >= 0.6 is 11.6 Å². The molecule has 88 valence electrons. The molecule has 1 aromatic rings. The van der Waals surface area contributed by atoms with Crippen molar-refractivity contribution in [2.24, 2.45) is 5.73 Å². The summed E-state index contributed by atoms with van der Waals surface area (Å²) in [5.41, 5.74) is 6.82. The molecule has 4 nitrogen and oxygen atoms in total. The number of aliphatic hydroxyl groups excluding tert-OH is 1. The van der Waals surface area contributed by atoms with E-state index in [2.05, 4.69) is 0 Å².